The third kappa shape index (κ3) is 1.65. The maximum atomic E-state index is 10.9. The zero-order valence-electron chi connectivity index (χ0n) is 8.03. The van der Waals surface area contributed by atoms with Gasteiger partial charge in [-0.15, -0.1) is 0 Å². The van der Waals surface area contributed by atoms with E-state index in [1.807, 2.05) is 18.2 Å². The van der Waals surface area contributed by atoms with Crippen LogP contribution in [0.1, 0.15) is 18.4 Å². The molecule has 1 aromatic carbocycles. The first-order chi connectivity index (χ1) is 7.11. The van der Waals surface area contributed by atoms with E-state index in [0.717, 1.165) is 9.86 Å². The number of fused-ring (bicyclic) bond motifs is 1. The van der Waals surface area contributed by atoms with Crippen molar-refractivity contribution in [3.05, 3.63) is 34.5 Å². The van der Waals surface area contributed by atoms with Crippen molar-refractivity contribution < 1.29 is 14.3 Å². The monoisotopic (exact) mass is 268 g/mol. The first-order valence-electron chi connectivity index (χ1n) is 4.49. The maximum absolute atomic E-state index is 10.9. The molecule has 0 fully saturated rings. The van der Waals surface area contributed by atoms with E-state index in [4.69, 9.17) is 9.52 Å². The second kappa shape index (κ2) is 3.70. The fraction of sp³-hybridized carbons (Fsp3) is 0.182. The summed E-state index contributed by atoms with van der Waals surface area (Å²) in [5, 5.41) is 9.79. The van der Waals surface area contributed by atoms with Gasteiger partial charge >= 0.3 is 5.97 Å². The highest BCUT2D eigenvalue weighted by molar-refractivity contribution is 9.10. The Morgan fingerprint density at radius 2 is 2.27 bits per heavy atom. The van der Waals surface area contributed by atoms with Crippen molar-refractivity contribution in [2.45, 2.75) is 12.8 Å². The number of halogens is 1. The van der Waals surface area contributed by atoms with Crippen LogP contribution in [0, 0.1) is 0 Å². The number of aliphatic carboxylic acids is 1. The number of hydrogen-bond acceptors (Lipinski definition) is 2. The number of carboxylic acid groups (broad SMARTS) is 1. The van der Waals surface area contributed by atoms with Crippen LogP contribution < -0.4 is 0 Å². The Morgan fingerprint density at radius 1 is 1.53 bits per heavy atom. The Labute approximate surface area is 94.8 Å². The Hall–Kier alpha value is -1.29. The normalized spacial score (nSPS) is 12.9. The minimum absolute atomic E-state index is 0.565. The molecule has 0 radical (unpaired) electrons. The summed E-state index contributed by atoms with van der Waals surface area (Å²) < 4.78 is 6.17. The molecule has 0 amide bonds. The minimum Gasteiger partial charge on any atom is -0.481 e. The lowest BCUT2D eigenvalue weighted by atomic mass is 10.0. The molecule has 78 valence electrons. The van der Waals surface area contributed by atoms with Crippen LogP contribution in [0.25, 0.3) is 11.0 Å². The van der Waals surface area contributed by atoms with Crippen LogP contribution in [0.2, 0.25) is 0 Å². The van der Waals surface area contributed by atoms with Gasteiger partial charge in [-0.05, 0) is 19.1 Å². The molecule has 1 unspecified atom stereocenters. The molecule has 1 aromatic heterocycles. The van der Waals surface area contributed by atoms with Gasteiger partial charge in [0.2, 0.25) is 0 Å². The van der Waals surface area contributed by atoms with Crippen molar-refractivity contribution in [1.29, 1.82) is 0 Å². The van der Waals surface area contributed by atoms with Gasteiger partial charge in [0.25, 0.3) is 0 Å². The minimum atomic E-state index is -0.853. The third-order valence-corrected chi connectivity index (χ3v) is 3.07. The van der Waals surface area contributed by atoms with Gasteiger partial charge in [-0.2, -0.15) is 0 Å². The second-order valence-corrected chi connectivity index (χ2v) is 4.22. The molecule has 0 saturated carbocycles. The van der Waals surface area contributed by atoms with Gasteiger partial charge < -0.3 is 9.52 Å². The molecule has 0 aliphatic heterocycles. The molecule has 3 nitrogen and oxygen atoms in total. The molecule has 2 aromatic rings. The summed E-state index contributed by atoms with van der Waals surface area (Å²) in [6.07, 6.45) is 1.51. The summed E-state index contributed by atoms with van der Waals surface area (Å²) in [5.41, 5.74) is 1.40. The molecule has 1 heterocycles. The molecule has 0 spiro atoms. The van der Waals surface area contributed by atoms with Gasteiger partial charge in [0.15, 0.2) is 0 Å². The Kier molecular flexibility index (Phi) is 2.52. The Balaban J connectivity index is 2.67. The third-order valence-electron chi connectivity index (χ3n) is 2.41. The summed E-state index contributed by atoms with van der Waals surface area (Å²) in [6.45, 7) is 1.64. The van der Waals surface area contributed by atoms with E-state index in [2.05, 4.69) is 15.9 Å². The van der Waals surface area contributed by atoms with Crippen LogP contribution in [0.15, 0.2) is 33.4 Å². The molecule has 2 rings (SSSR count). The Bertz CT molecular complexity index is 516. The summed E-state index contributed by atoms with van der Waals surface area (Å²) in [7, 11) is 0. The van der Waals surface area contributed by atoms with Gasteiger partial charge in [0, 0.05) is 15.4 Å². The van der Waals surface area contributed by atoms with Crippen LogP contribution in [0.4, 0.5) is 0 Å². The van der Waals surface area contributed by atoms with Gasteiger partial charge in [-0.25, -0.2) is 0 Å². The lowest BCUT2D eigenvalue weighted by molar-refractivity contribution is -0.138. The zero-order valence-corrected chi connectivity index (χ0v) is 9.61. The number of rotatable bonds is 2. The molecule has 0 aliphatic rings. The number of carboxylic acids is 1. The Morgan fingerprint density at radius 3 is 2.93 bits per heavy atom. The zero-order chi connectivity index (χ0) is 11.0. The van der Waals surface area contributed by atoms with Crippen molar-refractivity contribution in [1.82, 2.24) is 0 Å². The van der Waals surface area contributed by atoms with Gasteiger partial charge in [0.05, 0.1) is 12.2 Å². The SMILES string of the molecule is CC(C(=O)O)c1coc2cccc(Br)c12. The van der Waals surface area contributed by atoms with Crippen LogP contribution in [0.3, 0.4) is 0 Å². The quantitative estimate of drug-likeness (QED) is 0.909. The molecule has 0 aliphatic carbocycles. The van der Waals surface area contributed by atoms with Crippen LogP contribution in [0.5, 0.6) is 0 Å². The van der Waals surface area contributed by atoms with Gasteiger partial charge in [-0.1, -0.05) is 22.0 Å². The largest absolute Gasteiger partial charge is 0.481 e. The van der Waals surface area contributed by atoms with Crippen molar-refractivity contribution >= 4 is 32.9 Å². The van der Waals surface area contributed by atoms with E-state index in [9.17, 15) is 4.79 Å². The molecule has 1 atom stereocenters. The number of benzene rings is 1. The maximum Gasteiger partial charge on any atom is 0.310 e. The molecule has 1 N–H and O–H groups in total. The standard InChI is InChI=1S/C11H9BrO3/c1-6(11(13)14)7-5-15-9-4-2-3-8(12)10(7)9/h2-6H,1H3,(H,13,14). The molecule has 0 bridgehead atoms. The van der Waals surface area contributed by atoms with E-state index in [0.29, 0.717) is 11.1 Å². The topological polar surface area (TPSA) is 50.4 Å². The molecule has 15 heavy (non-hydrogen) atoms. The molecule has 0 saturated heterocycles. The number of hydrogen-bond donors (Lipinski definition) is 1. The van der Waals surface area contributed by atoms with Crippen molar-refractivity contribution in [2.75, 3.05) is 0 Å². The fourth-order valence-corrected chi connectivity index (χ4v) is 2.10. The number of furan rings is 1. The summed E-state index contributed by atoms with van der Waals surface area (Å²) in [4.78, 5) is 10.9. The van der Waals surface area contributed by atoms with Crippen LogP contribution in [-0.2, 0) is 4.79 Å². The first-order valence-corrected chi connectivity index (χ1v) is 5.29. The summed E-state index contributed by atoms with van der Waals surface area (Å²) in [6, 6.07) is 5.54. The predicted molar refractivity (Wildman–Crippen MR) is 60.0 cm³/mol. The summed E-state index contributed by atoms with van der Waals surface area (Å²) >= 11 is 3.39. The molecular formula is C11H9BrO3. The highest BCUT2D eigenvalue weighted by Gasteiger charge is 2.20. The average molecular weight is 269 g/mol. The fourth-order valence-electron chi connectivity index (χ4n) is 1.52. The van der Waals surface area contributed by atoms with E-state index >= 15 is 0 Å². The van der Waals surface area contributed by atoms with Crippen LogP contribution in [-0.4, -0.2) is 11.1 Å². The van der Waals surface area contributed by atoms with Crippen LogP contribution >= 0.6 is 15.9 Å². The summed E-state index contributed by atoms with van der Waals surface area (Å²) in [5.74, 6) is -1.42. The second-order valence-electron chi connectivity index (χ2n) is 3.36. The van der Waals surface area contributed by atoms with E-state index in [1.165, 1.54) is 6.26 Å². The highest BCUT2D eigenvalue weighted by Crippen LogP contribution is 2.33. The van der Waals surface area contributed by atoms with Crippen molar-refractivity contribution in [2.24, 2.45) is 0 Å². The highest BCUT2D eigenvalue weighted by atomic mass is 79.9. The van der Waals surface area contributed by atoms with Gasteiger partial charge in [-0.3, -0.25) is 4.79 Å². The average Bonchev–Trinajstić information content (AvgIpc) is 2.61. The lowest BCUT2D eigenvalue weighted by Crippen LogP contribution is -2.06. The van der Waals surface area contributed by atoms with E-state index in [-0.39, 0.29) is 0 Å². The van der Waals surface area contributed by atoms with E-state index in [1.54, 1.807) is 6.92 Å². The lowest BCUT2D eigenvalue weighted by Gasteiger charge is -2.03. The first kappa shape index (κ1) is 10.2. The number of carbonyl (C=O) groups is 1. The smallest absolute Gasteiger partial charge is 0.310 e. The van der Waals surface area contributed by atoms with Crippen molar-refractivity contribution in [3.63, 3.8) is 0 Å². The molecular weight excluding hydrogens is 260 g/mol. The van der Waals surface area contributed by atoms with Gasteiger partial charge in [0.1, 0.15) is 5.58 Å². The predicted octanol–water partition coefficient (Wildman–Crippen LogP) is 3.38. The van der Waals surface area contributed by atoms with E-state index < -0.39 is 11.9 Å². The molecule has 4 heteroatoms. The van der Waals surface area contributed by atoms with Crippen molar-refractivity contribution in [3.8, 4) is 0 Å².